The lowest BCUT2D eigenvalue weighted by Crippen LogP contribution is -2.15. The molecule has 10 aromatic carbocycles. The molecular formula is C62H52N2O2. The molecule has 0 bridgehead atoms. The lowest BCUT2D eigenvalue weighted by molar-refractivity contribution is 0.500. The second kappa shape index (κ2) is 15.0. The van der Waals surface area contributed by atoms with Gasteiger partial charge in [-0.15, -0.1) is 0 Å². The molecule has 0 saturated heterocycles. The molecule has 0 atom stereocenters. The van der Waals surface area contributed by atoms with Crippen LogP contribution in [0.3, 0.4) is 0 Å². The lowest BCUT2D eigenvalue weighted by Gasteiger charge is -2.29. The first-order valence-corrected chi connectivity index (χ1v) is 23.5. The minimum absolute atomic E-state index is 0.0400. The van der Waals surface area contributed by atoms with Gasteiger partial charge < -0.3 is 18.6 Å². The third-order valence-corrected chi connectivity index (χ3v) is 14.8. The van der Waals surface area contributed by atoms with E-state index in [4.69, 9.17) is 8.83 Å². The summed E-state index contributed by atoms with van der Waals surface area (Å²) < 4.78 is 14.2. The fraction of sp³-hybridized carbons (Fsp3) is 0.161. The van der Waals surface area contributed by atoms with Crippen LogP contribution in [0.1, 0.15) is 65.5 Å². The van der Waals surface area contributed by atoms with Crippen LogP contribution >= 0.6 is 0 Å². The number of hydrogen-bond donors (Lipinski definition) is 0. The molecule has 0 amide bonds. The highest BCUT2D eigenvalue weighted by Crippen LogP contribution is 2.51. The first-order valence-electron chi connectivity index (χ1n) is 23.5. The van der Waals surface area contributed by atoms with E-state index < -0.39 is 0 Å². The zero-order valence-electron chi connectivity index (χ0n) is 38.4. The molecule has 4 nitrogen and oxygen atoms in total. The summed E-state index contributed by atoms with van der Waals surface area (Å²) in [6.45, 7) is 13.7. The summed E-state index contributed by atoms with van der Waals surface area (Å²) in [6, 6.07) is 66.3. The molecule has 4 heteroatoms. The van der Waals surface area contributed by atoms with Crippen LogP contribution in [-0.2, 0) is 10.8 Å². The van der Waals surface area contributed by atoms with Gasteiger partial charge in [0.25, 0.3) is 0 Å². The smallest absolute Gasteiger partial charge is 0.159 e. The Morgan fingerprint density at radius 3 is 1.09 bits per heavy atom. The fourth-order valence-electron chi connectivity index (χ4n) is 10.5. The van der Waals surface area contributed by atoms with Crippen molar-refractivity contribution in [2.24, 2.45) is 0 Å². The normalized spacial score (nSPS) is 12.5. The molecule has 0 saturated carbocycles. The van der Waals surface area contributed by atoms with Crippen LogP contribution in [0.25, 0.3) is 76.2 Å². The molecule has 0 radical (unpaired) electrons. The Hall–Kier alpha value is -7.56. The summed E-state index contributed by atoms with van der Waals surface area (Å²) >= 11 is 0. The van der Waals surface area contributed by atoms with Crippen molar-refractivity contribution in [2.45, 2.75) is 65.2 Å². The number of anilines is 6. The van der Waals surface area contributed by atoms with E-state index in [0.717, 1.165) is 90.8 Å². The quantitative estimate of drug-likeness (QED) is 0.128. The third kappa shape index (κ3) is 5.97. The number of fused-ring (bicyclic) bond motifs is 6. The average Bonchev–Trinajstić information content (AvgIpc) is 3.94. The molecule has 2 heterocycles. The van der Waals surface area contributed by atoms with Gasteiger partial charge in [-0.25, -0.2) is 0 Å². The number of para-hydroxylation sites is 6. The second-order valence-electron chi connectivity index (χ2n) is 19.3. The van der Waals surface area contributed by atoms with Gasteiger partial charge in [-0.3, -0.25) is 0 Å². The van der Waals surface area contributed by atoms with E-state index in [2.05, 4.69) is 233 Å². The van der Waals surface area contributed by atoms with E-state index in [-0.39, 0.29) is 10.8 Å². The standard InChI is InChI=1S/C62H52N2O2/c1-7-61(3,4)49-27-15-23-43-45-25-17-29-53(59(45)65-57(43)49)63(41-19-11-9-12-20-41)51-37-33-39-32-36-48-52(38-34-40-31-35-47(51)55(39)56(40)48)64(42-21-13-10-14-22-42)54-30-18-26-46-44-24-16-28-50(62(5,6)8-2)58(44)66-60(46)54/h9-38H,7-8H2,1-6H3. The summed E-state index contributed by atoms with van der Waals surface area (Å²) in [6.07, 6.45) is 2.02. The van der Waals surface area contributed by atoms with Crippen LogP contribution in [-0.4, -0.2) is 0 Å². The molecule has 2 aromatic heterocycles. The molecule has 0 aliphatic rings. The van der Waals surface area contributed by atoms with Crippen LogP contribution in [0.4, 0.5) is 34.1 Å². The van der Waals surface area contributed by atoms with Gasteiger partial charge in [0.15, 0.2) is 11.2 Å². The van der Waals surface area contributed by atoms with E-state index in [1.54, 1.807) is 0 Å². The Bertz CT molecular complexity index is 3550. The second-order valence-corrected chi connectivity index (χ2v) is 19.3. The van der Waals surface area contributed by atoms with E-state index in [1.807, 2.05) is 0 Å². The number of hydrogen-bond acceptors (Lipinski definition) is 4. The van der Waals surface area contributed by atoms with Crippen LogP contribution in [0.5, 0.6) is 0 Å². The predicted molar refractivity (Wildman–Crippen MR) is 281 cm³/mol. The summed E-state index contributed by atoms with van der Waals surface area (Å²) in [5.74, 6) is 0. The van der Waals surface area contributed by atoms with E-state index in [0.29, 0.717) is 0 Å². The van der Waals surface area contributed by atoms with Crippen molar-refractivity contribution in [1.82, 2.24) is 0 Å². The predicted octanol–water partition coefficient (Wildman–Crippen LogP) is 18.7. The molecule has 12 aromatic rings. The highest BCUT2D eigenvalue weighted by atomic mass is 16.3. The third-order valence-electron chi connectivity index (χ3n) is 14.8. The Labute approximate surface area is 385 Å². The maximum atomic E-state index is 7.10. The minimum atomic E-state index is -0.0400. The molecule has 0 unspecified atom stereocenters. The highest BCUT2D eigenvalue weighted by molar-refractivity contribution is 6.28. The van der Waals surface area contributed by atoms with Crippen molar-refractivity contribution in [3.63, 3.8) is 0 Å². The average molecular weight is 857 g/mol. The van der Waals surface area contributed by atoms with Crippen molar-refractivity contribution in [1.29, 1.82) is 0 Å². The zero-order valence-corrected chi connectivity index (χ0v) is 38.4. The van der Waals surface area contributed by atoms with E-state index in [9.17, 15) is 0 Å². The largest absolute Gasteiger partial charge is 0.454 e. The van der Waals surface area contributed by atoms with Gasteiger partial charge in [0.05, 0.1) is 22.7 Å². The summed E-state index contributed by atoms with van der Waals surface area (Å²) in [5.41, 5.74) is 12.4. The summed E-state index contributed by atoms with van der Waals surface area (Å²) in [4.78, 5) is 4.80. The molecule has 0 aliphatic heterocycles. The van der Waals surface area contributed by atoms with Gasteiger partial charge in [0.1, 0.15) is 11.2 Å². The lowest BCUT2D eigenvalue weighted by atomic mass is 9.81. The van der Waals surface area contributed by atoms with Crippen molar-refractivity contribution < 1.29 is 8.83 Å². The molecule has 0 spiro atoms. The maximum Gasteiger partial charge on any atom is 0.159 e. The van der Waals surface area contributed by atoms with E-state index >= 15 is 0 Å². The molecule has 12 rings (SSSR count). The molecule has 0 N–H and O–H groups in total. The van der Waals surface area contributed by atoms with Crippen molar-refractivity contribution in [2.75, 3.05) is 9.80 Å². The topological polar surface area (TPSA) is 32.8 Å². The van der Waals surface area contributed by atoms with Gasteiger partial charge in [-0.1, -0.05) is 175 Å². The van der Waals surface area contributed by atoms with Crippen molar-refractivity contribution in [3.8, 4) is 0 Å². The Balaban J connectivity index is 1.11. The van der Waals surface area contributed by atoms with Crippen LogP contribution < -0.4 is 9.80 Å². The number of rotatable bonds is 10. The monoisotopic (exact) mass is 856 g/mol. The zero-order chi connectivity index (χ0) is 44.9. The number of nitrogens with zero attached hydrogens (tertiary/aromatic N) is 2. The SMILES string of the molecule is CCC(C)(C)c1cccc2c1oc1c(N(c3ccccc3)c3ccc4ccc5c(N(c6ccccc6)c6cccc7c6oc6c(C(C)(C)CC)cccc67)ccc6ccc3c4c65)cccc12. The molecule has 0 fully saturated rings. The van der Waals surface area contributed by atoms with Gasteiger partial charge in [-0.05, 0) is 93.7 Å². The van der Waals surface area contributed by atoms with Crippen molar-refractivity contribution in [3.05, 3.63) is 193 Å². The highest BCUT2D eigenvalue weighted by Gasteiger charge is 2.29. The van der Waals surface area contributed by atoms with Crippen LogP contribution in [0.15, 0.2) is 191 Å². The Morgan fingerprint density at radius 2 is 0.697 bits per heavy atom. The first-order chi connectivity index (χ1) is 32.2. The Kier molecular flexibility index (Phi) is 9.09. The van der Waals surface area contributed by atoms with Gasteiger partial charge in [0.2, 0.25) is 0 Å². The summed E-state index contributed by atoms with van der Waals surface area (Å²) in [5, 5.41) is 11.7. The molecule has 0 aliphatic carbocycles. The molecule has 66 heavy (non-hydrogen) atoms. The minimum Gasteiger partial charge on any atom is -0.454 e. The van der Waals surface area contributed by atoms with Crippen LogP contribution in [0, 0.1) is 0 Å². The van der Waals surface area contributed by atoms with Gasteiger partial charge in [0, 0.05) is 54.8 Å². The number of benzene rings is 10. The number of furan rings is 2. The fourth-order valence-corrected chi connectivity index (χ4v) is 10.5. The van der Waals surface area contributed by atoms with E-state index in [1.165, 1.54) is 43.4 Å². The summed E-state index contributed by atoms with van der Waals surface area (Å²) in [7, 11) is 0. The van der Waals surface area contributed by atoms with Crippen molar-refractivity contribution >= 4 is 110 Å². The molecular weight excluding hydrogens is 805 g/mol. The van der Waals surface area contributed by atoms with Crippen LogP contribution in [0.2, 0.25) is 0 Å². The van der Waals surface area contributed by atoms with Gasteiger partial charge in [-0.2, -0.15) is 0 Å². The first kappa shape index (κ1) is 40.0. The maximum absolute atomic E-state index is 7.10. The van der Waals surface area contributed by atoms with Gasteiger partial charge >= 0.3 is 0 Å². The molecule has 322 valence electrons. The Morgan fingerprint density at radius 1 is 0.333 bits per heavy atom.